The Morgan fingerprint density at radius 2 is 2.00 bits per heavy atom. The first kappa shape index (κ1) is 15.7. The van der Waals surface area contributed by atoms with E-state index in [0.717, 1.165) is 19.1 Å². The van der Waals surface area contributed by atoms with Crippen LogP contribution >= 0.6 is 0 Å². The molecule has 13 heavy (non-hydrogen) atoms. The maximum Gasteiger partial charge on any atom is 1.00 e. The van der Waals surface area contributed by atoms with Gasteiger partial charge in [-0.05, 0) is 12.5 Å². The standard InChI is InChI=1S/C7H12O4S.Na/c1-2-3-4-5-6-7-11-12(8,9)10;/h4-7H,2-3H2,1H3,(H,8,9,10);/q;+1/p-1/b5-4+,7-6+;. The zero-order chi connectivity index (χ0) is 9.45. The van der Waals surface area contributed by atoms with Gasteiger partial charge in [-0.1, -0.05) is 25.5 Å². The van der Waals surface area contributed by atoms with Crippen molar-refractivity contribution in [2.75, 3.05) is 0 Å². The van der Waals surface area contributed by atoms with Gasteiger partial charge in [0, 0.05) is 0 Å². The van der Waals surface area contributed by atoms with Crippen LogP contribution in [0.3, 0.4) is 0 Å². The fraction of sp³-hybridized carbons (Fsp3) is 0.429. The zero-order valence-electron chi connectivity index (χ0n) is 7.76. The quantitative estimate of drug-likeness (QED) is 0.180. The summed E-state index contributed by atoms with van der Waals surface area (Å²) in [5, 5.41) is 0. The molecule has 0 aliphatic carbocycles. The Balaban J connectivity index is 0. The summed E-state index contributed by atoms with van der Waals surface area (Å²) < 4.78 is 33.4. The Morgan fingerprint density at radius 1 is 1.38 bits per heavy atom. The molecule has 0 saturated carbocycles. The molecule has 0 bridgehead atoms. The van der Waals surface area contributed by atoms with Crippen LogP contribution < -0.4 is 29.6 Å². The van der Waals surface area contributed by atoms with Crippen LogP contribution in [0.25, 0.3) is 0 Å². The second-order valence-corrected chi connectivity index (χ2v) is 3.06. The fourth-order valence-electron chi connectivity index (χ4n) is 0.487. The molecule has 0 aromatic carbocycles. The van der Waals surface area contributed by atoms with Gasteiger partial charge in [-0.3, -0.25) is 0 Å². The van der Waals surface area contributed by atoms with Gasteiger partial charge in [0.15, 0.2) is 0 Å². The molecule has 0 atom stereocenters. The maximum absolute atomic E-state index is 9.87. The second kappa shape index (κ2) is 8.77. The van der Waals surface area contributed by atoms with Gasteiger partial charge in [-0.25, -0.2) is 8.42 Å². The van der Waals surface area contributed by atoms with Crippen LogP contribution in [0.2, 0.25) is 0 Å². The normalized spacial score (nSPS) is 11.8. The van der Waals surface area contributed by atoms with E-state index >= 15 is 0 Å². The summed E-state index contributed by atoms with van der Waals surface area (Å²) in [6.07, 6.45) is 7.59. The Hall–Kier alpha value is 0.190. The molecule has 0 saturated heterocycles. The summed E-state index contributed by atoms with van der Waals surface area (Å²) in [7, 11) is -4.59. The molecular weight excluding hydrogens is 203 g/mol. The van der Waals surface area contributed by atoms with E-state index in [-0.39, 0.29) is 29.6 Å². The number of hydrogen-bond donors (Lipinski definition) is 0. The summed E-state index contributed by atoms with van der Waals surface area (Å²) in [6, 6.07) is 0. The van der Waals surface area contributed by atoms with Gasteiger partial charge >= 0.3 is 29.6 Å². The van der Waals surface area contributed by atoms with E-state index in [9.17, 15) is 13.0 Å². The van der Waals surface area contributed by atoms with Gasteiger partial charge in [-0.2, -0.15) is 0 Å². The molecule has 0 unspecified atom stereocenters. The first-order valence-corrected chi connectivity index (χ1v) is 4.85. The average molecular weight is 214 g/mol. The SMILES string of the molecule is CCC/C=C/C=C/OS(=O)(=O)[O-].[Na+]. The molecule has 0 aliphatic heterocycles. The molecule has 6 heteroatoms. The van der Waals surface area contributed by atoms with Crippen molar-refractivity contribution in [1.29, 1.82) is 0 Å². The summed E-state index contributed by atoms with van der Waals surface area (Å²) >= 11 is 0. The van der Waals surface area contributed by atoms with Crippen LogP contribution in [0, 0.1) is 0 Å². The molecule has 0 aromatic rings. The maximum atomic E-state index is 9.87. The Kier molecular flexibility index (Phi) is 10.6. The minimum Gasteiger partial charge on any atom is -0.716 e. The van der Waals surface area contributed by atoms with Crippen molar-refractivity contribution in [3.63, 3.8) is 0 Å². The molecule has 0 aromatic heterocycles. The van der Waals surface area contributed by atoms with E-state index in [1.807, 2.05) is 13.0 Å². The van der Waals surface area contributed by atoms with Crippen LogP contribution in [0.5, 0.6) is 0 Å². The largest absolute Gasteiger partial charge is 1.00 e. The number of unbranched alkanes of at least 4 members (excludes halogenated alkanes) is 1. The van der Waals surface area contributed by atoms with Crippen LogP contribution in [-0.2, 0) is 14.6 Å². The molecule has 0 N–H and O–H groups in total. The van der Waals surface area contributed by atoms with Gasteiger partial charge in [0.05, 0.1) is 0 Å². The monoisotopic (exact) mass is 214 g/mol. The molecular formula is C7H11NaO4S. The minimum atomic E-state index is -4.59. The Morgan fingerprint density at radius 3 is 2.46 bits per heavy atom. The third kappa shape index (κ3) is 15.0. The van der Waals surface area contributed by atoms with Crippen LogP contribution in [-0.4, -0.2) is 13.0 Å². The molecule has 0 heterocycles. The summed E-state index contributed by atoms with van der Waals surface area (Å²) in [5.41, 5.74) is 0. The van der Waals surface area contributed by atoms with Gasteiger partial charge < -0.3 is 8.74 Å². The van der Waals surface area contributed by atoms with Crippen molar-refractivity contribution < 1.29 is 46.7 Å². The number of hydrogen-bond acceptors (Lipinski definition) is 4. The summed E-state index contributed by atoms with van der Waals surface area (Å²) in [4.78, 5) is 0. The van der Waals surface area contributed by atoms with E-state index in [1.54, 1.807) is 6.08 Å². The van der Waals surface area contributed by atoms with E-state index in [4.69, 9.17) is 0 Å². The van der Waals surface area contributed by atoms with E-state index in [2.05, 4.69) is 4.18 Å². The molecule has 4 nitrogen and oxygen atoms in total. The fourth-order valence-corrected chi connectivity index (χ4v) is 0.687. The molecule has 0 fully saturated rings. The smallest absolute Gasteiger partial charge is 0.716 e. The minimum absolute atomic E-state index is 0. The predicted molar refractivity (Wildman–Crippen MR) is 44.0 cm³/mol. The molecule has 0 rings (SSSR count). The molecule has 0 amide bonds. The first-order chi connectivity index (χ1) is 5.56. The van der Waals surface area contributed by atoms with Crippen LogP contribution in [0.15, 0.2) is 24.5 Å². The van der Waals surface area contributed by atoms with Gasteiger partial charge in [0.2, 0.25) is 0 Å². The first-order valence-electron chi connectivity index (χ1n) is 3.52. The van der Waals surface area contributed by atoms with E-state index in [1.165, 1.54) is 6.08 Å². The molecule has 70 valence electrons. The zero-order valence-corrected chi connectivity index (χ0v) is 10.6. The number of rotatable bonds is 5. The summed E-state index contributed by atoms with van der Waals surface area (Å²) in [5.74, 6) is 0. The third-order valence-corrected chi connectivity index (χ3v) is 1.30. The van der Waals surface area contributed by atoms with Gasteiger partial charge in [-0.15, -0.1) is 0 Å². The topological polar surface area (TPSA) is 66.4 Å². The van der Waals surface area contributed by atoms with Gasteiger partial charge in [0.25, 0.3) is 10.4 Å². The van der Waals surface area contributed by atoms with E-state index in [0.29, 0.717) is 0 Å². The van der Waals surface area contributed by atoms with Crippen molar-refractivity contribution in [3.05, 3.63) is 24.5 Å². The number of allylic oxidation sites excluding steroid dienone is 3. The van der Waals surface area contributed by atoms with Crippen molar-refractivity contribution in [3.8, 4) is 0 Å². The second-order valence-electron chi connectivity index (χ2n) is 2.05. The van der Waals surface area contributed by atoms with Crippen LogP contribution in [0.4, 0.5) is 0 Å². The van der Waals surface area contributed by atoms with Crippen LogP contribution in [0.1, 0.15) is 19.8 Å². The Labute approximate surface area is 101 Å². The predicted octanol–water partition coefficient (Wildman–Crippen LogP) is -1.66. The third-order valence-electron chi connectivity index (χ3n) is 0.955. The van der Waals surface area contributed by atoms with Crippen molar-refractivity contribution >= 4 is 10.4 Å². The summed E-state index contributed by atoms with van der Waals surface area (Å²) in [6.45, 7) is 2.02. The van der Waals surface area contributed by atoms with E-state index < -0.39 is 10.4 Å². The Bertz CT molecular complexity index is 256. The van der Waals surface area contributed by atoms with Crippen molar-refractivity contribution in [1.82, 2.24) is 0 Å². The van der Waals surface area contributed by atoms with Crippen molar-refractivity contribution in [2.45, 2.75) is 19.8 Å². The van der Waals surface area contributed by atoms with Gasteiger partial charge in [0.1, 0.15) is 6.26 Å². The average Bonchev–Trinajstić information content (AvgIpc) is 1.94. The molecule has 0 aliphatic rings. The molecule has 0 spiro atoms. The molecule has 0 radical (unpaired) electrons. The van der Waals surface area contributed by atoms with Crippen molar-refractivity contribution in [2.24, 2.45) is 0 Å².